The van der Waals surface area contributed by atoms with Crippen LogP contribution in [0, 0.1) is 17.8 Å². The van der Waals surface area contributed by atoms with Gasteiger partial charge in [0.05, 0.1) is 24.2 Å². The molecule has 9 atom stereocenters. The molecule has 3 aromatic carbocycles. The summed E-state index contributed by atoms with van der Waals surface area (Å²) in [4.78, 5) is 94.4. The number of aryl methyl sites for hydroxylation is 2. The van der Waals surface area contributed by atoms with Crippen molar-refractivity contribution in [3.05, 3.63) is 118 Å². The number of nitrogens with one attached hydrogen (secondary N) is 6. The number of benzene rings is 3. The van der Waals surface area contributed by atoms with Crippen LogP contribution in [0.2, 0.25) is 0 Å². The molecule has 1 saturated heterocycles. The van der Waals surface area contributed by atoms with E-state index in [0.717, 1.165) is 47.1 Å². The number of amides is 6. The van der Waals surface area contributed by atoms with Crippen molar-refractivity contribution in [3.8, 4) is 0 Å². The van der Waals surface area contributed by atoms with E-state index in [2.05, 4.69) is 54.2 Å². The van der Waals surface area contributed by atoms with Crippen LogP contribution in [0.25, 0.3) is 0 Å². The highest BCUT2D eigenvalue weighted by atomic mass is 16.5. The van der Waals surface area contributed by atoms with E-state index in [9.17, 15) is 19.2 Å². The summed E-state index contributed by atoms with van der Waals surface area (Å²) >= 11 is 0. The molecule has 0 spiro atoms. The Morgan fingerprint density at radius 2 is 1.34 bits per heavy atom. The maximum absolute atomic E-state index is 15.2. The van der Waals surface area contributed by atoms with Crippen LogP contribution in [-0.2, 0) is 54.6 Å². The van der Waals surface area contributed by atoms with Crippen LogP contribution < -0.4 is 31.9 Å². The Morgan fingerprint density at radius 1 is 0.726 bits per heavy atom. The molecule has 392 valence electrons. The molecule has 4 aromatic rings. The molecule has 0 radical (unpaired) electrons. The first kappa shape index (κ1) is 54.3. The fraction of sp³-hybridized carbons (Fsp3) is 0.536. The van der Waals surface area contributed by atoms with Crippen molar-refractivity contribution in [1.82, 2.24) is 51.8 Å². The summed E-state index contributed by atoms with van der Waals surface area (Å²) in [6.45, 7) is 16.7. The van der Waals surface area contributed by atoms with Gasteiger partial charge in [0, 0.05) is 38.8 Å². The van der Waals surface area contributed by atoms with Gasteiger partial charge in [0.15, 0.2) is 5.82 Å². The smallest absolute Gasteiger partial charge is 0.246 e. The number of likely N-dealkylation sites (tertiary alicyclic amines) is 1. The predicted octanol–water partition coefficient (Wildman–Crippen LogP) is 4.89. The average Bonchev–Trinajstić information content (AvgIpc) is 4.02. The Hall–Kier alpha value is -6.46. The van der Waals surface area contributed by atoms with Gasteiger partial charge < -0.3 is 46.2 Å². The van der Waals surface area contributed by atoms with E-state index in [-0.39, 0.29) is 55.1 Å². The molecule has 3 heterocycles. The lowest BCUT2D eigenvalue weighted by molar-refractivity contribution is -0.147. The Labute approximate surface area is 430 Å². The molecule has 1 aromatic heterocycles. The number of fused-ring (bicyclic) bond motifs is 2. The summed E-state index contributed by atoms with van der Waals surface area (Å²) in [6, 6.07) is 18.0. The van der Waals surface area contributed by atoms with E-state index in [1.807, 2.05) is 102 Å². The number of carbonyl (C=O) groups is 6. The van der Waals surface area contributed by atoms with Crippen molar-refractivity contribution in [1.29, 1.82) is 0 Å². The summed E-state index contributed by atoms with van der Waals surface area (Å²) in [5, 5.41) is 22.6. The first-order valence-electron chi connectivity index (χ1n) is 25.8. The van der Waals surface area contributed by atoms with E-state index < -0.39 is 64.9 Å². The molecule has 17 heteroatoms. The van der Waals surface area contributed by atoms with Gasteiger partial charge >= 0.3 is 0 Å². The zero-order chi connectivity index (χ0) is 52.9. The molecule has 9 unspecified atom stereocenters. The summed E-state index contributed by atoms with van der Waals surface area (Å²) in [5.74, 6) is -1.78. The first-order valence-corrected chi connectivity index (χ1v) is 25.8. The van der Waals surface area contributed by atoms with Gasteiger partial charge in [-0.05, 0) is 97.8 Å². The van der Waals surface area contributed by atoms with Crippen molar-refractivity contribution < 1.29 is 33.3 Å². The minimum absolute atomic E-state index is 0.0386. The molecule has 6 N–H and O–H groups in total. The van der Waals surface area contributed by atoms with Crippen LogP contribution in [0.5, 0.6) is 0 Å². The molecule has 0 bridgehead atoms. The normalized spacial score (nSPS) is 20.9. The molecule has 73 heavy (non-hydrogen) atoms. The lowest BCUT2D eigenvalue weighted by Crippen LogP contribution is -2.62. The van der Waals surface area contributed by atoms with Crippen molar-refractivity contribution in [2.45, 2.75) is 162 Å². The van der Waals surface area contributed by atoms with Crippen LogP contribution in [0.3, 0.4) is 0 Å². The average molecular weight is 1000 g/mol. The number of hydrogen-bond acceptors (Lipinski definition) is 11. The lowest BCUT2D eigenvalue weighted by Gasteiger charge is -2.41. The molecular formula is C56H76N10O7. The highest BCUT2D eigenvalue weighted by Gasteiger charge is 2.47. The maximum Gasteiger partial charge on any atom is 0.246 e. The minimum atomic E-state index is -1.01. The van der Waals surface area contributed by atoms with Crippen LogP contribution in [0.4, 0.5) is 0 Å². The largest absolute Gasteiger partial charge is 0.347 e. The molecule has 7 rings (SSSR count). The summed E-state index contributed by atoms with van der Waals surface area (Å²) in [5.41, 5.74) is 4.28. The van der Waals surface area contributed by atoms with Gasteiger partial charge in [-0.1, -0.05) is 119 Å². The Kier molecular flexibility index (Phi) is 16.9. The van der Waals surface area contributed by atoms with Gasteiger partial charge in [0.1, 0.15) is 24.2 Å². The highest BCUT2D eigenvalue weighted by molar-refractivity contribution is 5.95. The quantitative estimate of drug-likeness (QED) is 0.0888. The second-order valence-electron chi connectivity index (χ2n) is 22.4. The van der Waals surface area contributed by atoms with Gasteiger partial charge in [0.25, 0.3) is 0 Å². The predicted molar refractivity (Wildman–Crippen MR) is 277 cm³/mol. The van der Waals surface area contributed by atoms with Gasteiger partial charge in [-0.2, -0.15) is 4.98 Å². The van der Waals surface area contributed by atoms with Gasteiger partial charge in [0.2, 0.25) is 41.3 Å². The van der Waals surface area contributed by atoms with Crippen molar-refractivity contribution >= 4 is 35.4 Å². The molecule has 1 aliphatic carbocycles. The standard InChI is InChI=1S/C56H76N10O7/c1-32(57-10)49(67)62-46(55(4,5)6)53(71)65-30-39-27-37(24-25-38(39)28-44(65)52(70)61-43(48-59-34(3)73-64-48)26-35-18-13-12-14-19-35)40-29-45(51(69)60-42-23-17-21-36-20-15-16-22-41(36)42)66(31-40)54(72)47(56(7,8)9)63-50(68)33(2)58-11/h12-16,18-20,22,24-25,27,32-33,40,42-47,57-58H,17,21,23,26,28-31H2,1-11H3,(H,60,69)(H,61,70)(H,62,67)(H,63,68). The zero-order valence-electron chi connectivity index (χ0n) is 44.4. The number of nitrogens with zero attached hydrogens (tertiary/aromatic N) is 4. The van der Waals surface area contributed by atoms with Gasteiger partial charge in [-0.25, -0.2) is 0 Å². The SMILES string of the molecule is CNC(C)C(=O)NC(C(=O)N1Cc2cc(C3CC(C(=O)NC4CCCc5ccccc54)N(C(=O)C(NC(=O)C(C)NC)C(C)(C)C)C3)ccc2CC1C(=O)NC(Cc1ccccc1)c1noc(C)n1)C(C)(C)C. The Morgan fingerprint density at radius 3 is 1.95 bits per heavy atom. The van der Waals surface area contributed by atoms with Crippen LogP contribution >= 0.6 is 0 Å². The molecular weight excluding hydrogens is 925 g/mol. The third kappa shape index (κ3) is 12.7. The third-order valence-corrected chi connectivity index (χ3v) is 14.9. The first-order chi connectivity index (χ1) is 34.6. The molecule has 6 amide bonds. The molecule has 0 saturated carbocycles. The molecule has 3 aliphatic rings. The van der Waals surface area contributed by atoms with Crippen LogP contribution in [0.1, 0.15) is 138 Å². The van der Waals surface area contributed by atoms with Crippen molar-refractivity contribution in [2.75, 3.05) is 20.6 Å². The number of rotatable bonds is 16. The lowest BCUT2D eigenvalue weighted by atomic mass is 9.83. The fourth-order valence-corrected chi connectivity index (χ4v) is 10.3. The highest BCUT2D eigenvalue weighted by Crippen LogP contribution is 2.38. The van der Waals surface area contributed by atoms with E-state index in [4.69, 9.17) is 4.52 Å². The zero-order valence-corrected chi connectivity index (χ0v) is 44.4. The second kappa shape index (κ2) is 22.8. The fourth-order valence-electron chi connectivity index (χ4n) is 10.3. The number of carbonyl (C=O) groups excluding carboxylic acids is 6. The summed E-state index contributed by atoms with van der Waals surface area (Å²) < 4.78 is 5.36. The van der Waals surface area contributed by atoms with E-state index >= 15 is 9.59 Å². The summed E-state index contributed by atoms with van der Waals surface area (Å²) in [7, 11) is 3.36. The maximum atomic E-state index is 15.2. The number of aromatic nitrogens is 2. The Balaban J connectivity index is 1.24. The van der Waals surface area contributed by atoms with E-state index in [1.54, 1.807) is 44.7 Å². The van der Waals surface area contributed by atoms with Crippen molar-refractivity contribution in [3.63, 3.8) is 0 Å². The van der Waals surface area contributed by atoms with Crippen LogP contribution in [0.15, 0.2) is 77.3 Å². The van der Waals surface area contributed by atoms with E-state index in [0.29, 0.717) is 24.6 Å². The van der Waals surface area contributed by atoms with Crippen molar-refractivity contribution in [2.24, 2.45) is 10.8 Å². The van der Waals surface area contributed by atoms with Crippen LogP contribution in [-0.4, -0.2) is 112 Å². The minimum Gasteiger partial charge on any atom is -0.347 e. The Bertz CT molecular complexity index is 2640. The monoisotopic (exact) mass is 1000 g/mol. The van der Waals surface area contributed by atoms with Gasteiger partial charge in [-0.15, -0.1) is 0 Å². The number of hydrogen-bond donors (Lipinski definition) is 6. The molecule has 2 aliphatic heterocycles. The molecule has 17 nitrogen and oxygen atoms in total. The number of likely N-dealkylation sites (N-methyl/N-ethyl adjacent to an activating group) is 2. The molecule has 1 fully saturated rings. The third-order valence-electron chi connectivity index (χ3n) is 14.9. The summed E-state index contributed by atoms with van der Waals surface area (Å²) in [6.07, 6.45) is 3.46. The van der Waals surface area contributed by atoms with Gasteiger partial charge in [-0.3, -0.25) is 28.8 Å². The topological polar surface area (TPSA) is 220 Å². The second-order valence-corrected chi connectivity index (χ2v) is 22.4. The van der Waals surface area contributed by atoms with E-state index in [1.165, 1.54) is 5.56 Å².